The highest BCUT2D eigenvalue weighted by molar-refractivity contribution is 5.63. The van der Waals surface area contributed by atoms with Crippen molar-refractivity contribution in [2.24, 2.45) is 4.99 Å². The Morgan fingerprint density at radius 3 is 2.64 bits per heavy atom. The summed E-state index contributed by atoms with van der Waals surface area (Å²) in [6.07, 6.45) is 5.89. The molecule has 1 rings (SSSR count). The van der Waals surface area contributed by atoms with Crippen LogP contribution in [-0.2, 0) is 0 Å². The molecule has 1 atom stereocenters. The number of nitrogens with one attached hydrogen (secondary N) is 1. The Balaban J connectivity index is 2.96. The Morgan fingerprint density at radius 2 is 2.18 bits per heavy atom. The zero-order valence-corrected chi connectivity index (χ0v) is 7.26. The van der Waals surface area contributed by atoms with Gasteiger partial charge in [0.1, 0.15) is 0 Å². The lowest BCUT2D eigenvalue weighted by Crippen LogP contribution is -2.30. The van der Waals surface area contributed by atoms with E-state index in [2.05, 4.69) is 23.3 Å². The summed E-state index contributed by atoms with van der Waals surface area (Å²) in [5.41, 5.74) is 2.36. The highest BCUT2D eigenvalue weighted by Crippen LogP contribution is 2.17. The molecule has 0 saturated heterocycles. The Bertz CT molecular complexity index is 224. The van der Waals surface area contributed by atoms with Gasteiger partial charge in [0.25, 0.3) is 0 Å². The summed E-state index contributed by atoms with van der Waals surface area (Å²) in [6, 6.07) is 0.392. The summed E-state index contributed by atoms with van der Waals surface area (Å²) in [5.74, 6) is 0. The van der Waals surface area contributed by atoms with Gasteiger partial charge in [-0.25, -0.2) is 4.99 Å². The molecule has 0 spiro atoms. The lowest BCUT2D eigenvalue weighted by molar-refractivity contribution is 0.752. The van der Waals surface area contributed by atoms with Crippen molar-refractivity contribution >= 4 is 6.34 Å². The first-order chi connectivity index (χ1) is 5.29. The molecule has 1 heterocycles. The monoisotopic (exact) mass is 150 g/mol. The van der Waals surface area contributed by atoms with E-state index >= 15 is 0 Å². The molecule has 2 nitrogen and oxygen atoms in total. The summed E-state index contributed by atoms with van der Waals surface area (Å²) in [7, 11) is 0. The number of nitrogens with zero attached hydrogens (tertiary/aromatic N) is 1. The van der Waals surface area contributed by atoms with Crippen molar-refractivity contribution in [1.82, 2.24) is 5.32 Å². The second-order valence-corrected chi connectivity index (χ2v) is 2.56. The predicted molar refractivity (Wildman–Crippen MR) is 48.6 cm³/mol. The molecule has 1 unspecified atom stereocenters. The van der Waals surface area contributed by atoms with Gasteiger partial charge in [-0.1, -0.05) is 12.2 Å². The molecule has 1 N–H and O–H groups in total. The van der Waals surface area contributed by atoms with Gasteiger partial charge in [0.05, 0.1) is 18.1 Å². The number of hydrogen-bond donors (Lipinski definition) is 1. The van der Waals surface area contributed by atoms with Gasteiger partial charge in [-0.2, -0.15) is 0 Å². The quantitative estimate of drug-likeness (QED) is 0.560. The van der Waals surface area contributed by atoms with Gasteiger partial charge in [-0.15, -0.1) is 0 Å². The van der Waals surface area contributed by atoms with Crippen molar-refractivity contribution in [1.29, 1.82) is 0 Å². The van der Waals surface area contributed by atoms with Gasteiger partial charge in [0.2, 0.25) is 0 Å². The predicted octanol–water partition coefficient (Wildman–Crippen LogP) is 1.86. The Morgan fingerprint density at radius 1 is 1.45 bits per heavy atom. The molecule has 0 fully saturated rings. The summed E-state index contributed by atoms with van der Waals surface area (Å²) >= 11 is 0. The molecule has 60 valence electrons. The summed E-state index contributed by atoms with van der Waals surface area (Å²) < 4.78 is 0. The van der Waals surface area contributed by atoms with E-state index in [-0.39, 0.29) is 0 Å². The largest absolute Gasteiger partial charge is 0.369 e. The van der Waals surface area contributed by atoms with Crippen LogP contribution in [0.25, 0.3) is 0 Å². The van der Waals surface area contributed by atoms with E-state index in [4.69, 9.17) is 0 Å². The molecule has 1 aliphatic heterocycles. The minimum atomic E-state index is 0.392. The first-order valence-corrected chi connectivity index (χ1v) is 3.91. The third-order valence-electron chi connectivity index (χ3n) is 1.87. The molecule has 0 aromatic carbocycles. The molecule has 0 amide bonds. The van der Waals surface area contributed by atoms with E-state index in [9.17, 15) is 0 Å². The van der Waals surface area contributed by atoms with E-state index in [1.54, 1.807) is 6.34 Å². The number of rotatable bonds is 0. The number of allylic oxidation sites excluding steroid dienone is 2. The first kappa shape index (κ1) is 8.05. The third-order valence-corrected chi connectivity index (χ3v) is 1.87. The molecule has 11 heavy (non-hydrogen) atoms. The topological polar surface area (TPSA) is 24.4 Å². The van der Waals surface area contributed by atoms with Gasteiger partial charge in [-0.05, 0) is 26.3 Å². The third kappa shape index (κ3) is 1.50. The van der Waals surface area contributed by atoms with Gasteiger partial charge < -0.3 is 5.32 Å². The van der Waals surface area contributed by atoms with Crippen molar-refractivity contribution in [3.8, 4) is 0 Å². The van der Waals surface area contributed by atoms with Gasteiger partial charge in [0.15, 0.2) is 0 Å². The standard InChI is InChI=1S/C9H14N2/c1-4-8-7(3)10-6-11-9(8)5-2/h4-7H,1-3H3,(H,10,11)/b8-4-,9-5+. The highest BCUT2D eigenvalue weighted by Gasteiger charge is 2.12. The minimum absolute atomic E-state index is 0.392. The molecule has 2 heteroatoms. The van der Waals surface area contributed by atoms with E-state index < -0.39 is 0 Å². The van der Waals surface area contributed by atoms with Gasteiger partial charge in [-0.3, -0.25) is 0 Å². The van der Waals surface area contributed by atoms with Crippen LogP contribution in [0.15, 0.2) is 28.4 Å². The van der Waals surface area contributed by atoms with E-state index in [0.29, 0.717) is 6.04 Å². The zero-order chi connectivity index (χ0) is 8.27. The SMILES string of the molecule is C/C=C1\C(=C/C)N=CNC1C. The fourth-order valence-corrected chi connectivity index (χ4v) is 1.24. The smallest absolute Gasteiger partial charge is 0.0891 e. The van der Waals surface area contributed by atoms with E-state index in [1.807, 2.05) is 19.9 Å². The molecule has 0 aliphatic carbocycles. The fourth-order valence-electron chi connectivity index (χ4n) is 1.24. The second kappa shape index (κ2) is 3.37. The zero-order valence-electron chi connectivity index (χ0n) is 7.26. The molecular formula is C9H14N2. The maximum Gasteiger partial charge on any atom is 0.0891 e. The van der Waals surface area contributed by atoms with Crippen molar-refractivity contribution in [3.63, 3.8) is 0 Å². The number of hydrogen-bond acceptors (Lipinski definition) is 2. The molecule has 0 bridgehead atoms. The maximum absolute atomic E-state index is 4.21. The number of aliphatic imine (C=N–C) groups is 1. The molecule has 1 aliphatic rings. The van der Waals surface area contributed by atoms with Crippen LogP contribution in [0.4, 0.5) is 0 Å². The van der Waals surface area contributed by atoms with Crippen molar-refractivity contribution in [2.45, 2.75) is 26.8 Å². The van der Waals surface area contributed by atoms with Crippen LogP contribution < -0.4 is 5.32 Å². The fraction of sp³-hybridized carbons (Fsp3) is 0.444. The normalized spacial score (nSPS) is 31.0. The second-order valence-electron chi connectivity index (χ2n) is 2.56. The van der Waals surface area contributed by atoms with Crippen molar-refractivity contribution < 1.29 is 0 Å². The first-order valence-electron chi connectivity index (χ1n) is 3.91. The van der Waals surface area contributed by atoms with Crippen LogP contribution in [0.3, 0.4) is 0 Å². The maximum atomic E-state index is 4.21. The lowest BCUT2D eigenvalue weighted by Gasteiger charge is -2.20. The molecular weight excluding hydrogens is 136 g/mol. The van der Waals surface area contributed by atoms with E-state index in [0.717, 1.165) is 5.70 Å². The van der Waals surface area contributed by atoms with Crippen LogP contribution in [-0.4, -0.2) is 12.4 Å². The summed E-state index contributed by atoms with van der Waals surface area (Å²) in [5, 5.41) is 3.15. The van der Waals surface area contributed by atoms with Gasteiger partial charge >= 0.3 is 0 Å². The van der Waals surface area contributed by atoms with Crippen LogP contribution in [0, 0.1) is 0 Å². The Kier molecular flexibility index (Phi) is 2.47. The summed E-state index contributed by atoms with van der Waals surface area (Å²) in [6.45, 7) is 6.18. The van der Waals surface area contributed by atoms with Crippen LogP contribution in [0.2, 0.25) is 0 Å². The van der Waals surface area contributed by atoms with Crippen molar-refractivity contribution in [2.75, 3.05) is 0 Å². The highest BCUT2D eigenvalue weighted by atomic mass is 15.0. The lowest BCUT2D eigenvalue weighted by atomic mass is 10.0. The molecule has 0 radical (unpaired) electrons. The van der Waals surface area contributed by atoms with Crippen molar-refractivity contribution in [3.05, 3.63) is 23.4 Å². The Hall–Kier alpha value is -1.05. The van der Waals surface area contributed by atoms with E-state index in [1.165, 1.54) is 5.57 Å². The average Bonchev–Trinajstić information content (AvgIpc) is 2.04. The van der Waals surface area contributed by atoms with Crippen LogP contribution in [0.5, 0.6) is 0 Å². The molecule has 0 saturated carbocycles. The minimum Gasteiger partial charge on any atom is -0.369 e. The molecule has 0 aromatic rings. The molecule has 0 aromatic heterocycles. The van der Waals surface area contributed by atoms with Gasteiger partial charge in [0, 0.05) is 0 Å². The van der Waals surface area contributed by atoms with Crippen LogP contribution in [0.1, 0.15) is 20.8 Å². The van der Waals surface area contributed by atoms with Crippen LogP contribution >= 0.6 is 0 Å². The Labute approximate surface area is 67.7 Å². The average molecular weight is 150 g/mol. The summed E-state index contributed by atoms with van der Waals surface area (Å²) in [4.78, 5) is 4.21.